The van der Waals surface area contributed by atoms with Crippen LogP contribution in [0.2, 0.25) is 10.0 Å². The van der Waals surface area contributed by atoms with Crippen molar-refractivity contribution in [3.63, 3.8) is 0 Å². The molecular formula is C26H32Cl2N4O6. The number of halogens is 2. The lowest BCUT2D eigenvalue weighted by Gasteiger charge is -2.11. The number of amides is 4. The molecule has 0 spiro atoms. The summed E-state index contributed by atoms with van der Waals surface area (Å²) in [5.41, 5.74) is 12.5. The van der Waals surface area contributed by atoms with E-state index >= 15 is 0 Å². The van der Waals surface area contributed by atoms with E-state index in [1.54, 1.807) is 24.3 Å². The first-order valence-electron chi connectivity index (χ1n) is 11.9. The van der Waals surface area contributed by atoms with E-state index < -0.39 is 23.6 Å². The topological polar surface area (TPSA) is 135 Å². The van der Waals surface area contributed by atoms with E-state index in [2.05, 4.69) is 21.7 Å². The fraction of sp³-hybridized carbons (Fsp3) is 0.385. The van der Waals surface area contributed by atoms with Gasteiger partial charge in [0.15, 0.2) is 13.2 Å². The summed E-state index contributed by atoms with van der Waals surface area (Å²) in [6.07, 6.45) is 1.01. The number of ether oxygens (including phenoxy) is 2. The van der Waals surface area contributed by atoms with Crippen LogP contribution in [-0.4, -0.2) is 36.8 Å². The summed E-state index contributed by atoms with van der Waals surface area (Å²) in [6.45, 7) is 6.78. The van der Waals surface area contributed by atoms with Gasteiger partial charge < -0.3 is 9.47 Å². The van der Waals surface area contributed by atoms with E-state index in [9.17, 15) is 19.2 Å². The third-order valence-electron chi connectivity index (χ3n) is 5.30. The third kappa shape index (κ3) is 10.5. The van der Waals surface area contributed by atoms with Crippen molar-refractivity contribution in [2.45, 2.75) is 53.4 Å². The molecule has 206 valence electrons. The van der Waals surface area contributed by atoms with Gasteiger partial charge in [-0.25, -0.2) is 0 Å². The SMILES string of the molecule is Cc1cc(OCC(=O)NNC(=O)CCCCC(=O)NNC(=O)COc2cc(C)c(Cl)c(C)c2)cc(C)c1Cl. The van der Waals surface area contributed by atoms with Crippen LogP contribution in [0, 0.1) is 27.7 Å². The number of aryl methyl sites for hydroxylation is 4. The molecule has 0 fully saturated rings. The van der Waals surface area contributed by atoms with Crippen molar-refractivity contribution in [3.05, 3.63) is 56.6 Å². The Balaban J connectivity index is 1.54. The molecule has 0 saturated carbocycles. The number of carbonyl (C=O) groups is 4. The molecule has 0 unspecified atom stereocenters. The molecule has 0 heterocycles. The van der Waals surface area contributed by atoms with E-state index in [1.165, 1.54) is 0 Å². The quantitative estimate of drug-likeness (QED) is 0.243. The highest BCUT2D eigenvalue weighted by Crippen LogP contribution is 2.26. The fourth-order valence-corrected chi connectivity index (χ4v) is 3.54. The number of hydrazine groups is 2. The first-order valence-corrected chi connectivity index (χ1v) is 12.7. The van der Waals surface area contributed by atoms with Crippen molar-refractivity contribution in [3.8, 4) is 11.5 Å². The van der Waals surface area contributed by atoms with Crippen molar-refractivity contribution in [2.24, 2.45) is 0 Å². The first-order chi connectivity index (χ1) is 18.0. The Kier molecular flexibility index (Phi) is 12.2. The second kappa shape index (κ2) is 15.0. The summed E-state index contributed by atoms with van der Waals surface area (Å²) in [7, 11) is 0. The van der Waals surface area contributed by atoms with Crippen LogP contribution in [0.1, 0.15) is 47.9 Å². The van der Waals surface area contributed by atoms with Crippen LogP contribution in [0.3, 0.4) is 0 Å². The Labute approximate surface area is 231 Å². The predicted octanol–water partition coefficient (Wildman–Crippen LogP) is 3.54. The number of hydrogen-bond donors (Lipinski definition) is 4. The molecule has 2 aromatic rings. The van der Waals surface area contributed by atoms with Crippen molar-refractivity contribution in [1.29, 1.82) is 0 Å². The number of hydrogen-bond acceptors (Lipinski definition) is 6. The average Bonchev–Trinajstić information content (AvgIpc) is 2.87. The monoisotopic (exact) mass is 566 g/mol. The standard InChI is InChI=1S/C26H32Cl2N4O6/c1-15-9-19(10-16(2)25(15)27)37-13-23(35)31-29-21(33)7-5-6-8-22(34)30-32-24(36)14-38-20-11-17(3)26(28)18(4)12-20/h9-12H,5-8,13-14H2,1-4H3,(H,29,33)(H,30,34)(H,31,35)(H,32,36). The minimum atomic E-state index is -0.524. The second-order valence-corrected chi connectivity index (χ2v) is 9.48. The molecule has 10 nitrogen and oxygen atoms in total. The predicted molar refractivity (Wildman–Crippen MR) is 144 cm³/mol. The Hall–Kier alpha value is -3.50. The van der Waals surface area contributed by atoms with Crippen LogP contribution < -0.4 is 31.2 Å². The highest BCUT2D eigenvalue weighted by molar-refractivity contribution is 6.32. The molecule has 0 aromatic heterocycles. The zero-order valence-electron chi connectivity index (χ0n) is 21.8. The Morgan fingerprint density at radius 2 is 0.868 bits per heavy atom. The van der Waals surface area contributed by atoms with Gasteiger partial charge in [-0.05, 0) is 87.1 Å². The van der Waals surface area contributed by atoms with E-state index in [1.807, 2.05) is 27.7 Å². The molecule has 4 N–H and O–H groups in total. The summed E-state index contributed by atoms with van der Waals surface area (Å²) in [5.74, 6) is -0.864. The number of nitrogens with one attached hydrogen (secondary N) is 4. The van der Waals surface area contributed by atoms with Crippen LogP contribution in [0.15, 0.2) is 24.3 Å². The van der Waals surface area contributed by atoms with Crippen LogP contribution in [0.4, 0.5) is 0 Å². The number of carbonyl (C=O) groups excluding carboxylic acids is 4. The van der Waals surface area contributed by atoms with Gasteiger partial charge in [0.1, 0.15) is 11.5 Å². The summed E-state index contributed by atoms with van der Waals surface area (Å²) in [4.78, 5) is 47.6. The maximum atomic E-state index is 11.9. The molecular weight excluding hydrogens is 535 g/mol. The maximum Gasteiger partial charge on any atom is 0.276 e. The van der Waals surface area contributed by atoms with Gasteiger partial charge in [-0.1, -0.05) is 23.2 Å². The highest BCUT2D eigenvalue weighted by atomic mass is 35.5. The number of unbranched alkanes of at least 4 members (excludes halogenated alkanes) is 1. The minimum Gasteiger partial charge on any atom is -0.484 e. The molecule has 0 aliphatic rings. The van der Waals surface area contributed by atoms with Crippen molar-refractivity contribution in [1.82, 2.24) is 21.7 Å². The maximum absolute atomic E-state index is 11.9. The van der Waals surface area contributed by atoms with Crippen LogP contribution in [0.25, 0.3) is 0 Å². The molecule has 2 rings (SSSR count). The molecule has 0 aliphatic carbocycles. The van der Waals surface area contributed by atoms with E-state index in [0.29, 0.717) is 34.4 Å². The van der Waals surface area contributed by atoms with Crippen molar-refractivity contribution < 1.29 is 28.7 Å². The van der Waals surface area contributed by atoms with E-state index in [0.717, 1.165) is 22.3 Å². The first kappa shape index (κ1) is 30.7. The summed E-state index contributed by atoms with van der Waals surface area (Å²) >= 11 is 12.2. The van der Waals surface area contributed by atoms with E-state index in [-0.39, 0.29) is 26.1 Å². The molecule has 0 aliphatic heterocycles. The lowest BCUT2D eigenvalue weighted by atomic mass is 10.1. The fourth-order valence-electron chi connectivity index (χ4n) is 3.32. The van der Waals surface area contributed by atoms with Crippen LogP contribution >= 0.6 is 23.2 Å². The van der Waals surface area contributed by atoms with E-state index in [4.69, 9.17) is 32.7 Å². The normalized spacial score (nSPS) is 10.4. The lowest BCUT2D eigenvalue weighted by Crippen LogP contribution is -2.44. The van der Waals surface area contributed by atoms with Gasteiger partial charge >= 0.3 is 0 Å². The largest absolute Gasteiger partial charge is 0.484 e. The van der Waals surface area contributed by atoms with Gasteiger partial charge in [-0.2, -0.15) is 0 Å². The summed E-state index contributed by atoms with van der Waals surface area (Å²) in [5, 5.41) is 1.28. The molecule has 0 atom stereocenters. The zero-order valence-corrected chi connectivity index (χ0v) is 23.3. The number of benzene rings is 2. The smallest absolute Gasteiger partial charge is 0.276 e. The zero-order chi connectivity index (χ0) is 28.2. The van der Waals surface area contributed by atoms with Crippen molar-refractivity contribution >= 4 is 46.8 Å². The third-order valence-corrected chi connectivity index (χ3v) is 6.49. The molecule has 4 amide bonds. The van der Waals surface area contributed by atoms with Crippen molar-refractivity contribution in [2.75, 3.05) is 13.2 Å². The van der Waals surface area contributed by atoms with Gasteiger partial charge in [0.05, 0.1) is 0 Å². The molecule has 38 heavy (non-hydrogen) atoms. The minimum absolute atomic E-state index is 0.101. The van der Waals surface area contributed by atoms with Gasteiger partial charge in [0, 0.05) is 22.9 Å². The molecule has 12 heteroatoms. The summed E-state index contributed by atoms with van der Waals surface area (Å²) < 4.78 is 10.8. The van der Waals surface area contributed by atoms with Crippen LogP contribution in [-0.2, 0) is 19.2 Å². The Morgan fingerprint density at radius 1 is 0.579 bits per heavy atom. The van der Waals surface area contributed by atoms with Gasteiger partial charge in [0.25, 0.3) is 11.8 Å². The second-order valence-electron chi connectivity index (χ2n) is 8.72. The Bertz CT molecular complexity index is 1050. The molecule has 0 saturated heterocycles. The Morgan fingerprint density at radius 3 is 1.18 bits per heavy atom. The molecule has 0 radical (unpaired) electrons. The highest BCUT2D eigenvalue weighted by Gasteiger charge is 2.10. The van der Waals surface area contributed by atoms with Gasteiger partial charge in [-0.15, -0.1) is 0 Å². The lowest BCUT2D eigenvalue weighted by molar-refractivity contribution is -0.130. The van der Waals surface area contributed by atoms with Crippen LogP contribution in [0.5, 0.6) is 11.5 Å². The number of rotatable bonds is 11. The molecule has 0 bridgehead atoms. The van der Waals surface area contributed by atoms with Gasteiger partial charge in [-0.3, -0.25) is 40.9 Å². The summed E-state index contributed by atoms with van der Waals surface area (Å²) in [6, 6.07) is 6.89. The van der Waals surface area contributed by atoms with Gasteiger partial charge in [0.2, 0.25) is 11.8 Å². The molecule has 2 aromatic carbocycles. The average molecular weight is 567 g/mol.